The number of nitrogens with one attached hydrogen (secondary N) is 2. The number of benzene rings is 1. The highest BCUT2D eigenvalue weighted by Crippen LogP contribution is 2.20. The molecule has 5 nitrogen and oxygen atoms in total. The first-order valence-electron chi connectivity index (χ1n) is 7.77. The van der Waals surface area contributed by atoms with E-state index in [-0.39, 0.29) is 0 Å². The minimum Gasteiger partial charge on any atom is -0.355 e. The lowest BCUT2D eigenvalue weighted by Gasteiger charge is -2.37. The van der Waals surface area contributed by atoms with E-state index in [1.165, 1.54) is 0 Å². The summed E-state index contributed by atoms with van der Waals surface area (Å²) in [6.07, 6.45) is 0. The second-order valence-electron chi connectivity index (χ2n) is 5.94. The molecule has 0 amide bonds. The lowest BCUT2D eigenvalue weighted by molar-refractivity contribution is 0.116. The van der Waals surface area contributed by atoms with Gasteiger partial charge in [0.15, 0.2) is 5.96 Å². The number of likely N-dealkylation sites (N-methyl/N-ethyl adjacent to an activating group) is 2. The van der Waals surface area contributed by atoms with Crippen LogP contribution < -0.4 is 10.6 Å². The van der Waals surface area contributed by atoms with Crippen molar-refractivity contribution >= 4 is 29.2 Å². The third kappa shape index (κ3) is 5.53. The van der Waals surface area contributed by atoms with Crippen LogP contribution in [0, 0.1) is 0 Å². The van der Waals surface area contributed by atoms with Crippen molar-refractivity contribution in [1.82, 2.24) is 20.4 Å². The summed E-state index contributed by atoms with van der Waals surface area (Å²) in [5.74, 6) is 0.776. The average Bonchev–Trinajstić information content (AvgIpc) is 2.52. The van der Waals surface area contributed by atoms with Crippen molar-refractivity contribution in [3.8, 4) is 0 Å². The molecule has 0 spiro atoms. The third-order valence-electron chi connectivity index (χ3n) is 4.17. The van der Waals surface area contributed by atoms with Crippen LogP contribution >= 0.6 is 23.2 Å². The SMILES string of the molecule is CN=C(NCc1ccc(Cl)cc1Cl)NCC1CN(C)CCN1C. The molecule has 1 aliphatic rings. The molecule has 0 bridgehead atoms. The molecule has 1 unspecified atom stereocenters. The molecule has 128 valence electrons. The van der Waals surface area contributed by atoms with Crippen molar-refractivity contribution < 1.29 is 0 Å². The van der Waals surface area contributed by atoms with E-state index in [1.54, 1.807) is 13.1 Å². The summed E-state index contributed by atoms with van der Waals surface area (Å²) in [6.45, 7) is 4.73. The van der Waals surface area contributed by atoms with Crippen molar-refractivity contribution in [3.05, 3.63) is 33.8 Å². The van der Waals surface area contributed by atoms with Gasteiger partial charge in [0.2, 0.25) is 0 Å². The molecule has 1 aromatic rings. The summed E-state index contributed by atoms with van der Waals surface area (Å²) < 4.78 is 0. The Morgan fingerprint density at radius 2 is 2.04 bits per heavy atom. The van der Waals surface area contributed by atoms with Gasteiger partial charge in [-0.2, -0.15) is 0 Å². The number of aliphatic imine (C=N–C) groups is 1. The Hall–Kier alpha value is -1.01. The Morgan fingerprint density at radius 3 is 2.74 bits per heavy atom. The van der Waals surface area contributed by atoms with E-state index in [2.05, 4.69) is 39.5 Å². The fraction of sp³-hybridized carbons (Fsp3) is 0.562. The Bertz CT molecular complexity index is 549. The van der Waals surface area contributed by atoms with Gasteiger partial charge in [0, 0.05) is 55.9 Å². The van der Waals surface area contributed by atoms with Gasteiger partial charge in [0.1, 0.15) is 0 Å². The number of guanidine groups is 1. The van der Waals surface area contributed by atoms with Crippen molar-refractivity contribution in [2.45, 2.75) is 12.6 Å². The zero-order valence-corrected chi connectivity index (χ0v) is 15.5. The van der Waals surface area contributed by atoms with E-state index >= 15 is 0 Å². The van der Waals surface area contributed by atoms with Crippen LogP contribution in [0.3, 0.4) is 0 Å². The van der Waals surface area contributed by atoms with E-state index in [9.17, 15) is 0 Å². The van der Waals surface area contributed by atoms with Crippen molar-refractivity contribution in [3.63, 3.8) is 0 Å². The molecule has 1 heterocycles. The molecule has 23 heavy (non-hydrogen) atoms. The van der Waals surface area contributed by atoms with Crippen molar-refractivity contribution in [1.29, 1.82) is 0 Å². The molecule has 0 aromatic heterocycles. The Kier molecular flexibility index (Phi) is 6.96. The number of rotatable bonds is 4. The smallest absolute Gasteiger partial charge is 0.191 e. The van der Waals surface area contributed by atoms with Crippen LogP contribution in [-0.4, -0.2) is 69.1 Å². The Labute approximate surface area is 148 Å². The molecule has 2 rings (SSSR count). The molecular weight excluding hydrogens is 333 g/mol. The van der Waals surface area contributed by atoms with Gasteiger partial charge in [-0.25, -0.2) is 0 Å². The molecule has 1 aliphatic heterocycles. The van der Waals surface area contributed by atoms with Crippen LogP contribution in [0.5, 0.6) is 0 Å². The summed E-state index contributed by atoms with van der Waals surface area (Å²) in [6, 6.07) is 6.00. The molecule has 1 aromatic carbocycles. The minimum absolute atomic E-state index is 0.478. The molecule has 0 saturated carbocycles. The molecule has 0 radical (unpaired) electrons. The summed E-state index contributed by atoms with van der Waals surface area (Å²) in [4.78, 5) is 9.01. The normalized spacial score (nSPS) is 20.6. The number of hydrogen-bond acceptors (Lipinski definition) is 3. The van der Waals surface area contributed by atoms with Crippen LogP contribution in [0.25, 0.3) is 0 Å². The highest BCUT2D eigenvalue weighted by molar-refractivity contribution is 6.35. The maximum atomic E-state index is 6.19. The molecule has 2 N–H and O–H groups in total. The number of piperazine rings is 1. The lowest BCUT2D eigenvalue weighted by Crippen LogP contribution is -2.55. The quantitative estimate of drug-likeness (QED) is 0.638. The molecular formula is C16H25Cl2N5. The fourth-order valence-electron chi connectivity index (χ4n) is 2.60. The monoisotopic (exact) mass is 357 g/mol. The van der Waals surface area contributed by atoms with Gasteiger partial charge in [-0.1, -0.05) is 29.3 Å². The van der Waals surface area contributed by atoms with Gasteiger partial charge in [-0.3, -0.25) is 9.89 Å². The van der Waals surface area contributed by atoms with E-state index in [0.717, 1.165) is 37.7 Å². The zero-order chi connectivity index (χ0) is 16.8. The number of halogens is 2. The van der Waals surface area contributed by atoms with Crippen molar-refractivity contribution in [2.75, 3.05) is 47.3 Å². The largest absolute Gasteiger partial charge is 0.355 e. The summed E-state index contributed by atoms with van der Waals surface area (Å²) >= 11 is 12.1. The van der Waals surface area contributed by atoms with Gasteiger partial charge < -0.3 is 15.5 Å². The van der Waals surface area contributed by atoms with E-state index in [0.29, 0.717) is 22.6 Å². The van der Waals surface area contributed by atoms with Gasteiger partial charge >= 0.3 is 0 Å². The predicted octanol–water partition coefficient (Wildman–Crippen LogP) is 1.90. The zero-order valence-electron chi connectivity index (χ0n) is 13.9. The Morgan fingerprint density at radius 1 is 1.26 bits per heavy atom. The first-order chi connectivity index (χ1) is 11.0. The summed E-state index contributed by atoms with van der Waals surface area (Å²) in [5.41, 5.74) is 0.994. The minimum atomic E-state index is 0.478. The maximum Gasteiger partial charge on any atom is 0.191 e. The van der Waals surface area contributed by atoms with Gasteiger partial charge in [-0.05, 0) is 31.8 Å². The number of nitrogens with zero attached hydrogens (tertiary/aromatic N) is 3. The second-order valence-corrected chi connectivity index (χ2v) is 6.78. The van der Waals surface area contributed by atoms with Crippen LogP contribution in [0.4, 0.5) is 0 Å². The highest BCUT2D eigenvalue weighted by Gasteiger charge is 2.22. The number of hydrogen-bond donors (Lipinski definition) is 2. The molecule has 1 atom stereocenters. The van der Waals surface area contributed by atoms with Crippen LogP contribution in [0.2, 0.25) is 10.0 Å². The van der Waals surface area contributed by atoms with E-state index in [1.807, 2.05) is 12.1 Å². The van der Waals surface area contributed by atoms with Gasteiger partial charge in [-0.15, -0.1) is 0 Å². The molecule has 7 heteroatoms. The first-order valence-corrected chi connectivity index (χ1v) is 8.52. The first kappa shape index (κ1) is 18.3. The lowest BCUT2D eigenvalue weighted by atomic mass is 10.2. The summed E-state index contributed by atoms with van der Waals surface area (Å²) in [5, 5.41) is 7.99. The van der Waals surface area contributed by atoms with Crippen LogP contribution in [-0.2, 0) is 6.54 Å². The molecule has 0 aliphatic carbocycles. The highest BCUT2D eigenvalue weighted by atomic mass is 35.5. The molecule has 1 saturated heterocycles. The van der Waals surface area contributed by atoms with Crippen LogP contribution in [0.15, 0.2) is 23.2 Å². The van der Waals surface area contributed by atoms with E-state index < -0.39 is 0 Å². The maximum absolute atomic E-state index is 6.19. The second kappa shape index (κ2) is 8.73. The summed E-state index contributed by atoms with van der Waals surface area (Å²) in [7, 11) is 6.11. The fourth-order valence-corrected chi connectivity index (χ4v) is 3.08. The Balaban J connectivity index is 1.83. The van der Waals surface area contributed by atoms with Crippen molar-refractivity contribution in [2.24, 2.45) is 4.99 Å². The van der Waals surface area contributed by atoms with Gasteiger partial charge in [0.25, 0.3) is 0 Å². The topological polar surface area (TPSA) is 42.9 Å². The standard InChI is InChI=1S/C16H25Cl2N5/c1-19-16(20-9-12-4-5-13(17)8-15(12)18)21-10-14-11-22(2)6-7-23(14)3/h4-5,8,14H,6-7,9-11H2,1-3H3,(H2,19,20,21). The van der Waals surface area contributed by atoms with Gasteiger partial charge in [0.05, 0.1) is 0 Å². The predicted molar refractivity (Wildman–Crippen MR) is 98.6 cm³/mol. The van der Waals surface area contributed by atoms with E-state index in [4.69, 9.17) is 23.2 Å². The average molecular weight is 358 g/mol. The van der Waals surface area contributed by atoms with Crippen LogP contribution in [0.1, 0.15) is 5.56 Å². The molecule has 1 fully saturated rings. The third-order valence-corrected chi connectivity index (χ3v) is 4.76.